The number of piperazine rings is 1. The lowest BCUT2D eigenvalue weighted by Crippen LogP contribution is -2.49. The molecule has 5 rings (SSSR count). The number of carbonyl (C=O) groups is 1. The number of hydrogen-bond donors (Lipinski definition) is 0. The van der Waals surface area contributed by atoms with Gasteiger partial charge in [-0.25, -0.2) is 4.98 Å². The summed E-state index contributed by atoms with van der Waals surface area (Å²) in [5.41, 5.74) is 2.79. The molecule has 2 aromatic heterocycles. The molecule has 0 N–H and O–H groups in total. The Morgan fingerprint density at radius 1 is 0.812 bits per heavy atom. The van der Waals surface area contributed by atoms with E-state index in [1.165, 1.54) is 19.3 Å². The van der Waals surface area contributed by atoms with Gasteiger partial charge in [0.25, 0.3) is 5.91 Å². The van der Waals surface area contributed by atoms with Crippen LogP contribution in [0.25, 0.3) is 5.69 Å². The molecule has 0 unspecified atom stereocenters. The van der Waals surface area contributed by atoms with E-state index in [0.717, 1.165) is 54.9 Å². The third-order valence-corrected chi connectivity index (χ3v) is 6.38. The van der Waals surface area contributed by atoms with Crippen molar-refractivity contribution in [3.8, 4) is 5.69 Å². The number of aromatic nitrogens is 3. The number of rotatable bonds is 4. The average Bonchev–Trinajstić information content (AvgIpc) is 3.39. The van der Waals surface area contributed by atoms with E-state index >= 15 is 0 Å². The summed E-state index contributed by atoms with van der Waals surface area (Å²) in [6, 6.07) is 13.9. The molecule has 0 saturated carbocycles. The second-order valence-corrected chi connectivity index (χ2v) is 8.63. The van der Waals surface area contributed by atoms with Crippen LogP contribution < -0.4 is 9.80 Å². The normalized spacial score (nSPS) is 17.0. The first-order valence-electron chi connectivity index (χ1n) is 11.6. The minimum absolute atomic E-state index is 0.0941. The summed E-state index contributed by atoms with van der Waals surface area (Å²) in [4.78, 5) is 29.1. The Morgan fingerprint density at radius 3 is 2.19 bits per heavy atom. The van der Waals surface area contributed by atoms with Crippen LogP contribution in [0, 0.1) is 6.92 Å². The quantitative estimate of drug-likeness (QED) is 0.634. The molecule has 32 heavy (non-hydrogen) atoms. The maximum absolute atomic E-state index is 13.0. The molecule has 2 fully saturated rings. The predicted molar refractivity (Wildman–Crippen MR) is 127 cm³/mol. The highest BCUT2D eigenvalue weighted by Crippen LogP contribution is 2.22. The van der Waals surface area contributed by atoms with E-state index in [9.17, 15) is 4.79 Å². The molecule has 1 amide bonds. The van der Waals surface area contributed by atoms with E-state index < -0.39 is 0 Å². The monoisotopic (exact) mass is 430 g/mol. The van der Waals surface area contributed by atoms with Gasteiger partial charge in [-0.3, -0.25) is 4.79 Å². The van der Waals surface area contributed by atoms with Gasteiger partial charge in [0.1, 0.15) is 5.82 Å². The molecule has 2 aliphatic rings. The molecule has 0 atom stereocenters. The lowest BCUT2D eigenvalue weighted by atomic mass is 10.1. The zero-order valence-corrected chi connectivity index (χ0v) is 18.7. The van der Waals surface area contributed by atoms with Crippen LogP contribution in [0.5, 0.6) is 0 Å². The summed E-state index contributed by atoms with van der Waals surface area (Å²) < 4.78 is 2.04. The lowest BCUT2D eigenvalue weighted by molar-refractivity contribution is 0.0746. The van der Waals surface area contributed by atoms with Crippen LogP contribution in [0.1, 0.15) is 35.3 Å². The molecule has 4 heterocycles. The second kappa shape index (κ2) is 9.02. The first-order chi connectivity index (χ1) is 15.7. The Hall–Kier alpha value is -3.35. The molecule has 2 aliphatic heterocycles. The third-order valence-electron chi connectivity index (χ3n) is 6.38. The SMILES string of the molecule is Cc1cc(N2CCN(C(=O)c3ccc(-n4cccc4)cc3)CC2)nc(N2CCCCC2)n1. The van der Waals surface area contributed by atoms with E-state index in [1.807, 2.05) is 65.2 Å². The Morgan fingerprint density at radius 2 is 1.50 bits per heavy atom. The van der Waals surface area contributed by atoms with Crippen molar-refractivity contribution in [1.82, 2.24) is 19.4 Å². The van der Waals surface area contributed by atoms with Crippen molar-refractivity contribution in [2.45, 2.75) is 26.2 Å². The highest BCUT2D eigenvalue weighted by molar-refractivity contribution is 5.94. The summed E-state index contributed by atoms with van der Waals surface area (Å²) in [5, 5.41) is 0. The molecule has 7 heteroatoms. The van der Waals surface area contributed by atoms with Gasteiger partial charge in [-0.1, -0.05) is 0 Å². The maximum atomic E-state index is 13.0. The van der Waals surface area contributed by atoms with Crippen LogP contribution in [0.4, 0.5) is 11.8 Å². The van der Waals surface area contributed by atoms with E-state index in [0.29, 0.717) is 13.1 Å². The van der Waals surface area contributed by atoms with E-state index in [1.54, 1.807) is 0 Å². The van der Waals surface area contributed by atoms with Gasteiger partial charge < -0.3 is 19.3 Å². The van der Waals surface area contributed by atoms with Gasteiger partial charge in [-0.15, -0.1) is 0 Å². The summed E-state index contributed by atoms with van der Waals surface area (Å²) in [6.07, 6.45) is 7.71. The second-order valence-electron chi connectivity index (χ2n) is 8.63. The largest absolute Gasteiger partial charge is 0.353 e. The Labute approximate surface area is 189 Å². The zero-order valence-electron chi connectivity index (χ0n) is 18.7. The van der Waals surface area contributed by atoms with Crippen molar-refractivity contribution >= 4 is 17.7 Å². The number of carbonyl (C=O) groups excluding carboxylic acids is 1. The van der Waals surface area contributed by atoms with Crippen LogP contribution in [-0.2, 0) is 0 Å². The van der Waals surface area contributed by atoms with Crippen molar-refractivity contribution in [2.75, 3.05) is 49.1 Å². The van der Waals surface area contributed by atoms with Crippen LogP contribution >= 0.6 is 0 Å². The fourth-order valence-corrected chi connectivity index (χ4v) is 4.54. The van der Waals surface area contributed by atoms with Gasteiger partial charge >= 0.3 is 0 Å². The maximum Gasteiger partial charge on any atom is 0.253 e. The van der Waals surface area contributed by atoms with Crippen LogP contribution in [0.3, 0.4) is 0 Å². The lowest BCUT2D eigenvalue weighted by Gasteiger charge is -2.36. The highest BCUT2D eigenvalue weighted by atomic mass is 16.2. The van der Waals surface area contributed by atoms with E-state index in [-0.39, 0.29) is 5.91 Å². The smallest absolute Gasteiger partial charge is 0.253 e. The Bertz CT molecular complexity index is 1050. The highest BCUT2D eigenvalue weighted by Gasteiger charge is 2.24. The number of piperidine rings is 1. The summed E-state index contributed by atoms with van der Waals surface area (Å²) in [7, 11) is 0. The Balaban J connectivity index is 1.23. The number of nitrogens with zero attached hydrogens (tertiary/aromatic N) is 6. The van der Waals surface area contributed by atoms with Gasteiger partial charge in [-0.05, 0) is 62.6 Å². The number of amides is 1. The molecule has 166 valence electrons. The Kier molecular flexibility index (Phi) is 5.79. The molecular formula is C25H30N6O. The van der Waals surface area contributed by atoms with Crippen LogP contribution in [0.2, 0.25) is 0 Å². The summed E-state index contributed by atoms with van der Waals surface area (Å²) in [6.45, 7) is 7.06. The van der Waals surface area contributed by atoms with Crippen LogP contribution in [0.15, 0.2) is 54.9 Å². The molecule has 0 aliphatic carbocycles. The van der Waals surface area contributed by atoms with Gasteiger partial charge in [0.15, 0.2) is 0 Å². The van der Waals surface area contributed by atoms with Crippen LogP contribution in [-0.4, -0.2) is 64.6 Å². The molecule has 0 radical (unpaired) electrons. The van der Waals surface area contributed by atoms with E-state index in [2.05, 4.69) is 20.9 Å². The van der Waals surface area contributed by atoms with Gasteiger partial charge in [0.05, 0.1) is 0 Å². The van der Waals surface area contributed by atoms with Gasteiger partial charge in [0, 0.05) is 74.7 Å². The first kappa shape index (κ1) is 20.5. The number of hydrogen-bond acceptors (Lipinski definition) is 5. The van der Waals surface area contributed by atoms with Crippen molar-refractivity contribution in [3.63, 3.8) is 0 Å². The van der Waals surface area contributed by atoms with Gasteiger partial charge in [-0.2, -0.15) is 4.98 Å². The van der Waals surface area contributed by atoms with Crippen molar-refractivity contribution < 1.29 is 4.79 Å². The molecule has 0 bridgehead atoms. The van der Waals surface area contributed by atoms with Crippen molar-refractivity contribution in [2.24, 2.45) is 0 Å². The molecule has 7 nitrogen and oxygen atoms in total. The summed E-state index contributed by atoms with van der Waals surface area (Å²) in [5.74, 6) is 1.92. The molecule has 3 aromatic rings. The zero-order chi connectivity index (χ0) is 21.9. The third kappa shape index (κ3) is 4.33. The minimum Gasteiger partial charge on any atom is -0.353 e. The average molecular weight is 431 g/mol. The minimum atomic E-state index is 0.0941. The number of benzene rings is 1. The fourth-order valence-electron chi connectivity index (χ4n) is 4.54. The van der Waals surface area contributed by atoms with Gasteiger partial charge in [0.2, 0.25) is 5.95 Å². The number of anilines is 2. The van der Waals surface area contributed by atoms with E-state index in [4.69, 9.17) is 4.98 Å². The van der Waals surface area contributed by atoms with Crippen molar-refractivity contribution in [3.05, 3.63) is 66.1 Å². The standard InChI is InChI=1S/C25H30N6O/c1-20-19-23(27-25(26-20)31-13-3-2-4-14-31)29-15-17-30(18-16-29)24(32)21-7-9-22(10-8-21)28-11-5-6-12-28/h5-12,19H,2-4,13-18H2,1H3. The molecule has 1 aromatic carbocycles. The van der Waals surface area contributed by atoms with Crippen molar-refractivity contribution in [1.29, 1.82) is 0 Å². The molecule has 2 saturated heterocycles. The molecule has 0 spiro atoms. The molecular weight excluding hydrogens is 400 g/mol. The first-order valence-corrected chi connectivity index (χ1v) is 11.6. The topological polar surface area (TPSA) is 57.5 Å². The fraction of sp³-hybridized carbons (Fsp3) is 0.400. The predicted octanol–water partition coefficient (Wildman–Crippen LogP) is 3.53. The number of aryl methyl sites for hydroxylation is 1. The summed E-state index contributed by atoms with van der Waals surface area (Å²) >= 11 is 0.